The molecule has 20 heavy (non-hydrogen) atoms. The quantitative estimate of drug-likeness (QED) is 0.938. The van der Waals surface area contributed by atoms with Crippen molar-refractivity contribution in [2.75, 3.05) is 0 Å². The van der Waals surface area contributed by atoms with Crippen molar-refractivity contribution >= 4 is 10.0 Å². The first-order valence-corrected chi connectivity index (χ1v) is 8.02. The second kappa shape index (κ2) is 5.77. The van der Waals surface area contributed by atoms with Crippen molar-refractivity contribution in [2.45, 2.75) is 31.7 Å². The first kappa shape index (κ1) is 14.8. The number of aryl methyl sites for hydroxylation is 2. The summed E-state index contributed by atoms with van der Waals surface area (Å²) in [6, 6.07) is 14.5. The van der Waals surface area contributed by atoms with Gasteiger partial charge in [-0.05, 0) is 44.0 Å². The van der Waals surface area contributed by atoms with Crippen LogP contribution in [-0.2, 0) is 10.0 Å². The highest BCUT2D eigenvalue weighted by Crippen LogP contribution is 2.18. The zero-order valence-corrected chi connectivity index (χ0v) is 12.7. The maximum atomic E-state index is 12.3. The Balaban J connectivity index is 2.22. The van der Waals surface area contributed by atoms with Crippen LogP contribution in [0, 0.1) is 13.8 Å². The molecule has 0 saturated carbocycles. The van der Waals surface area contributed by atoms with Gasteiger partial charge in [-0.3, -0.25) is 0 Å². The van der Waals surface area contributed by atoms with Crippen LogP contribution in [0.15, 0.2) is 53.4 Å². The number of nitrogens with one attached hydrogen (secondary N) is 1. The van der Waals surface area contributed by atoms with Gasteiger partial charge < -0.3 is 0 Å². The summed E-state index contributed by atoms with van der Waals surface area (Å²) < 4.78 is 27.4. The molecule has 3 nitrogen and oxygen atoms in total. The summed E-state index contributed by atoms with van der Waals surface area (Å²) in [5, 5.41) is 0. The van der Waals surface area contributed by atoms with Crippen molar-refractivity contribution in [1.29, 1.82) is 0 Å². The molecule has 0 spiro atoms. The van der Waals surface area contributed by atoms with Gasteiger partial charge in [-0.15, -0.1) is 0 Å². The van der Waals surface area contributed by atoms with E-state index in [1.54, 1.807) is 18.2 Å². The van der Waals surface area contributed by atoms with Crippen LogP contribution in [0.2, 0.25) is 0 Å². The third kappa shape index (κ3) is 3.46. The van der Waals surface area contributed by atoms with Gasteiger partial charge in [0.1, 0.15) is 0 Å². The first-order chi connectivity index (χ1) is 9.38. The van der Waals surface area contributed by atoms with Gasteiger partial charge in [-0.25, -0.2) is 13.1 Å². The molecule has 1 N–H and O–H groups in total. The van der Waals surface area contributed by atoms with Gasteiger partial charge in [0.05, 0.1) is 4.90 Å². The normalized spacial score (nSPS) is 13.2. The molecule has 0 fully saturated rings. The molecule has 0 heterocycles. The fraction of sp³-hybridized carbons (Fsp3) is 0.250. The van der Waals surface area contributed by atoms with E-state index in [0.29, 0.717) is 4.90 Å². The molecule has 4 heteroatoms. The number of rotatable bonds is 4. The van der Waals surface area contributed by atoms with Gasteiger partial charge in [0.15, 0.2) is 0 Å². The van der Waals surface area contributed by atoms with E-state index in [1.165, 1.54) is 0 Å². The van der Waals surface area contributed by atoms with Crippen LogP contribution < -0.4 is 4.72 Å². The number of hydrogen-bond donors (Lipinski definition) is 1. The topological polar surface area (TPSA) is 46.2 Å². The number of hydrogen-bond acceptors (Lipinski definition) is 2. The van der Waals surface area contributed by atoms with E-state index in [4.69, 9.17) is 0 Å². The van der Waals surface area contributed by atoms with Gasteiger partial charge in [0.2, 0.25) is 10.0 Å². The molecule has 0 amide bonds. The Labute approximate surface area is 120 Å². The molecule has 1 unspecified atom stereocenters. The summed E-state index contributed by atoms with van der Waals surface area (Å²) in [5.41, 5.74) is 3.03. The largest absolute Gasteiger partial charge is 0.241 e. The van der Waals surface area contributed by atoms with E-state index in [1.807, 2.05) is 51.1 Å². The second-order valence-corrected chi connectivity index (χ2v) is 6.78. The van der Waals surface area contributed by atoms with Crippen LogP contribution in [0.5, 0.6) is 0 Å². The van der Waals surface area contributed by atoms with Crippen molar-refractivity contribution in [1.82, 2.24) is 4.72 Å². The van der Waals surface area contributed by atoms with Gasteiger partial charge in [0.25, 0.3) is 0 Å². The van der Waals surface area contributed by atoms with E-state index in [9.17, 15) is 8.42 Å². The molecule has 0 saturated heterocycles. The van der Waals surface area contributed by atoms with E-state index in [-0.39, 0.29) is 6.04 Å². The molecule has 0 aliphatic rings. The predicted molar refractivity (Wildman–Crippen MR) is 81.1 cm³/mol. The molecule has 0 radical (unpaired) electrons. The van der Waals surface area contributed by atoms with Crippen LogP contribution in [0.3, 0.4) is 0 Å². The Morgan fingerprint density at radius 3 is 2.20 bits per heavy atom. The fourth-order valence-corrected chi connectivity index (χ4v) is 3.34. The summed E-state index contributed by atoms with van der Waals surface area (Å²) >= 11 is 0. The lowest BCUT2D eigenvalue weighted by atomic mass is 10.1. The molecule has 2 aromatic rings. The third-order valence-corrected chi connectivity index (χ3v) is 4.75. The summed E-state index contributed by atoms with van der Waals surface area (Å²) in [7, 11) is -3.49. The third-order valence-electron chi connectivity index (χ3n) is 3.21. The Morgan fingerprint density at radius 1 is 0.950 bits per heavy atom. The Hall–Kier alpha value is -1.65. The minimum Gasteiger partial charge on any atom is -0.207 e. The number of sulfonamides is 1. The van der Waals surface area contributed by atoms with E-state index >= 15 is 0 Å². The Kier molecular flexibility index (Phi) is 4.26. The first-order valence-electron chi connectivity index (χ1n) is 6.54. The van der Waals surface area contributed by atoms with Gasteiger partial charge in [-0.1, -0.05) is 42.0 Å². The van der Waals surface area contributed by atoms with Crippen molar-refractivity contribution < 1.29 is 8.42 Å². The molecule has 0 aromatic heterocycles. The van der Waals surface area contributed by atoms with Crippen LogP contribution in [0.25, 0.3) is 0 Å². The highest BCUT2D eigenvalue weighted by atomic mass is 32.2. The minimum atomic E-state index is -3.49. The monoisotopic (exact) mass is 289 g/mol. The summed E-state index contributed by atoms with van der Waals surface area (Å²) in [4.78, 5) is 0.302. The maximum absolute atomic E-state index is 12.3. The smallest absolute Gasteiger partial charge is 0.207 e. The lowest BCUT2D eigenvalue weighted by Crippen LogP contribution is -2.26. The van der Waals surface area contributed by atoms with Gasteiger partial charge in [0, 0.05) is 6.04 Å². The lowest BCUT2D eigenvalue weighted by Gasteiger charge is -2.15. The molecule has 0 bridgehead atoms. The summed E-state index contributed by atoms with van der Waals surface area (Å²) in [6.07, 6.45) is 0. The van der Waals surface area contributed by atoms with Crippen LogP contribution in [0.4, 0.5) is 0 Å². The fourth-order valence-electron chi connectivity index (χ4n) is 2.01. The van der Waals surface area contributed by atoms with Crippen molar-refractivity contribution in [3.05, 3.63) is 65.2 Å². The van der Waals surface area contributed by atoms with Crippen LogP contribution in [0.1, 0.15) is 29.7 Å². The molecule has 2 aromatic carbocycles. The SMILES string of the molecule is Cc1ccc(C(C)NS(=O)(=O)c2cccc(C)c2)cc1. The average molecular weight is 289 g/mol. The highest BCUT2D eigenvalue weighted by Gasteiger charge is 2.18. The zero-order chi connectivity index (χ0) is 14.8. The number of benzene rings is 2. The van der Waals surface area contributed by atoms with Gasteiger partial charge >= 0.3 is 0 Å². The van der Waals surface area contributed by atoms with E-state index in [2.05, 4.69) is 4.72 Å². The van der Waals surface area contributed by atoms with Crippen LogP contribution >= 0.6 is 0 Å². The zero-order valence-electron chi connectivity index (χ0n) is 11.9. The van der Waals surface area contributed by atoms with E-state index in [0.717, 1.165) is 16.7 Å². The highest BCUT2D eigenvalue weighted by molar-refractivity contribution is 7.89. The predicted octanol–water partition coefficient (Wildman–Crippen LogP) is 3.34. The maximum Gasteiger partial charge on any atom is 0.241 e. The average Bonchev–Trinajstić information content (AvgIpc) is 2.39. The summed E-state index contributed by atoms with van der Waals surface area (Å²) in [5.74, 6) is 0. The second-order valence-electron chi connectivity index (χ2n) is 5.07. The molecule has 0 aliphatic carbocycles. The van der Waals surface area contributed by atoms with E-state index < -0.39 is 10.0 Å². The Bertz CT molecular complexity index is 691. The van der Waals surface area contributed by atoms with Crippen molar-refractivity contribution in [2.24, 2.45) is 0 Å². The van der Waals surface area contributed by atoms with Gasteiger partial charge in [-0.2, -0.15) is 0 Å². The molecule has 0 aliphatic heterocycles. The standard InChI is InChI=1S/C16H19NO2S/c1-12-7-9-15(10-8-12)14(3)17-20(18,19)16-6-4-5-13(2)11-16/h4-11,14,17H,1-3H3. The molecular formula is C16H19NO2S. The molecule has 106 valence electrons. The van der Waals surface area contributed by atoms with Crippen molar-refractivity contribution in [3.8, 4) is 0 Å². The molecule has 2 rings (SSSR count). The summed E-state index contributed by atoms with van der Waals surface area (Å²) in [6.45, 7) is 5.73. The Morgan fingerprint density at radius 2 is 1.60 bits per heavy atom. The van der Waals surface area contributed by atoms with Crippen LogP contribution in [-0.4, -0.2) is 8.42 Å². The molecule has 1 atom stereocenters. The molecular weight excluding hydrogens is 270 g/mol. The lowest BCUT2D eigenvalue weighted by molar-refractivity contribution is 0.567. The van der Waals surface area contributed by atoms with Crippen molar-refractivity contribution in [3.63, 3.8) is 0 Å². The minimum absolute atomic E-state index is 0.263.